The number of carbonyl (C=O) groups is 3. The summed E-state index contributed by atoms with van der Waals surface area (Å²) < 4.78 is 0. The minimum absolute atomic E-state index is 0.217. The summed E-state index contributed by atoms with van der Waals surface area (Å²) in [5, 5.41) is 22.7. The third-order valence-electron chi connectivity index (χ3n) is 3.92. The average Bonchev–Trinajstić information content (AvgIpc) is 3.08. The number of nitrogens with two attached hydrogens (primary N) is 1. The molecule has 25 heavy (non-hydrogen) atoms. The van der Waals surface area contributed by atoms with Gasteiger partial charge in [-0.05, 0) is 5.92 Å². The van der Waals surface area contributed by atoms with E-state index in [9.17, 15) is 14.4 Å². The van der Waals surface area contributed by atoms with Crippen molar-refractivity contribution < 1.29 is 24.6 Å². The summed E-state index contributed by atoms with van der Waals surface area (Å²) in [5.74, 6) is -2.83. The fraction of sp³-hybridized carbons (Fsp3) is 0.600. The Hall–Kier alpha value is -2.46. The zero-order chi connectivity index (χ0) is 19.0. The molecule has 1 heterocycles. The second kappa shape index (κ2) is 9.74. The Kier molecular flexibility index (Phi) is 8.02. The first-order valence-electron chi connectivity index (χ1n) is 7.97. The molecule has 4 atom stereocenters. The highest BCUT2D eigenvalue weighted by Gasteiger charge is 2.30. The molecule has 1 aromatic rings. The SMILES string of the molecule is CC[C@H](C)[C@H](NC(=O)[C@@H](N)Cc1cnc[nH]1)C(=O)N[C@@H](CO)C(=O)O. The van der Waals surface area contributed by atoms with E-state index in [-0.39, 0.29) is 12.3 Å². The molecule has 1 aromatic heterocycles. The van der Waals surface area contributed by atoms with E-state index in [1.807, 2.05) is 6.92 Å². The minimum atomic E-state index is -1.44. The molecule has 0 aliphatic carbocycles. The zero-order valence-electron chi connectivity index (χ0n) is 14.2. The number of H-pyrrole nitrogens is 1. The standard InChI is InChI=1S/C15H25N5O5/c1-3-8(2)12(14(23)19-11(6-21)15(24)25)20-13(22)10(16)4-9-5-17-7-18-9/h5,7-8,10-12,21H,3-4,6,16H2,1-2H3,(H,17,18)(H,19,23)(H,20,22)(H,24,25)/t8-,10-,11-,12-/m0/s1. The number of carbonyl (C=O) groups excluding carboxylic acids is 2. The number of hydrogen-bond donors (Lipinski definition) is 6. The average molecular weight is 355 g/mol. The molecule has 0 radical (unpaired) electrons. The second-order valence-electron chi connectivity index (χ2n) is 5.84. The van der Waals surface area contributed by atoms with Crippen molar-refractivity contribution >= 4 is 17.8 Å². The third-order valence-corrected chi connectivity index (χ3v) is 3.92. The van der Waals surface area contributed by atoms with E-state index >= 15 is 0 Å². The van der Waals surface area contributed by atoms with Gasteiger partial charge in [-0.3, -0.25) is 9.59 Å². The lowest BCUT2D eigenvalue weighted by Gasteiger charge is -2.26. The van der Waals surface area contributed by atoms with Gasteiger partial charge in [-0.25, -0.2) is 9.78 Å². The van der Waals surface area contributed by atoms with Crippen molar-refractivity contribution in [1.82, 2.24) is 20.6 Å². The summed E-state index contributed by atoms with van der Waals surface area (Å²) in [7, 11) is 0. The van der Waals surface area contributed by atoms with Crippen molar-refractivity contribution in [2.45, 2.75) is 44.8 Å². The van der Waals surface area contributed by atoms with Crippen LogP contribution < -0.4 is 16.4 Å². The molecule has 2 amide bonds. The molecule has 10 heteroatoms. The van der Waals surface area contributed by atoms with Gasteiger partial charge in [0.15, 0.2) is 0 Å². The van der Waals surface area contributed by atoms with E-state index in [0.717, 1.165) is 0 Å². The van der Waals surface area contributed by atoms with Crippen LogP contribution in [0.1, 0.15) is 26.0 Å². The van der Waals surface area contributed by atoms with Gasteiger partial charge >= 0.3 is 5.97 Å². The van der Waals surface area contributed by atoms with Crippen LogP contribution in [0.15, 0.2) is 12.5 Å². The first kappa shape index (κ1) is 20.6. The lowest BCUT2D eigenvalue weighted by atomic mass is 9.97. The van der Waals surface area contributed by atoms with Crippen LogP contribution in [-0.4, -0.2) is 62.7 Å². The number of aliphatic hydroxyl groups excluding tert-OH is 1. The van der Waals surface area contributed by atoms with Gasteiger partial charge in [-0.1, -0.05) is 20.3 Å². The van der Waals surface area contributed by atoms with Gasteiger partial charge in [0.25, 0.3) is 0 Å². The Morgan fingerprint density at radius 2 is 2.00 bits per heavy atom. The number of carboxylic acids is 1. The number of nitrogens with zero attached hydrogens (tertiary/aromatic N) is 1. The number of amides is 2. The molecule has 0 saturated heterocycles. The number of carboxylic acid groups (broad SMARTS) is 1. The first-order chi connectivity index (χ1) is 11.8. The van der Waals surface area contributed by atoms with Gasteiger partial charge in [0.05, 0.1) is 19.0 Å². The highest BCUT2D eigenvalue weighted by Crippen LogP contribution is 2.09. The Morgan fingerprint density at radius 3 is 2.48 bits per heavy atom. The number of aliphatic carboxylic acids is 1. The monoisotopic (exact) mass is 355 g/mol. The number of rotatable bonds is 10. The molecule has 0 unspecified atom stereocenters. The number of aromatic nitrogens is 2. The Bertz CT molecular complexity index is 577. The quantitative estimate of drug-likeness (QED) is 0.292. The molecule has 10 nitrogen and oxygen atoms in total. The fourth-order valence-corrected chi connectivity index (χ4v) is 2.14. The summed E-state index contributed by atoms with van der Waals surface area (Å²) in [4.78, 5) is 42.2. The van der Waals surface area contributed by atoms with E-state index in [1.54, 1.807) is 13.1 Å². The van der Waals surface area contributed by atoms with Crippen LogP contribution in [0.4, 0.5) is 0 Å². The van der Waals surface area contributed by atoms with Crippen LogP contribution in [0, 0.1) is 5.92 Å². The lowest BCUT2D eigenvalue weighted by molar-refractivity contribution is -0.143. The van der Waals surface area contributed by atoms with Gasteiger partial charge < -0.3 is 31.6 Å². The van der Waals surface area contributed by atoms with E-state index in [4.69, 9.17) is 15.9 Å². The summed E-state index contributed by atoms with van der Waals surface area (Å²) >= 11 is 0. The van der Waals surface area contributed by atoms with Crippen LogP contribution in [0.25, 0.3) is 0 Å². The van der Waals surface area contributed by atoms with Gasteiger partial charge in [0, 0.05) is 18.3 Å². The minimum Gasteiger partial charge on any atom is -0.480 e. The molecular formula is C15H25N5O5. The summed E-state index contributed by atoms with van der Waals surface area (Å²) in [6, 6.07) is -3.29. The molecule has 0 aliphatic rings. The van der Waals surface area contributed by atoms with Crippen molar-refractivity contribution in [3.05, 3.63) is 18.2 Å². The van der Waals surface area contributed by atoms with E-state index in [1.165, 1.54) is 6.33 Å². The predicted octanol–water partition coefficient (Wildman–Crippen LogP) is -1.63. The number of nitrogens with one attached hydrogen (secondary N) is 3. The number of aliphatic hydroxyl groups is 1. The van der Waals surface area contributed by atoms with Crippen LogP contribution >= 0.6 is 0 Å². The van der Waals surface area contributed by atoms with Crippen LogP contribution in [0.5, 0.6) is 0 Å². The highest BCUT2D eigenvalue weighted by molar-refractivity contribution is 5.92. The largest absolute Gasteiger partial charge is 0.480 e. The van der Waals surface area contributed by atoms with E-state index in [2.05, 4.69) is 20.6 Å². The van der Waals surface area contributed by atoms with Crippen LogP contribution in [-0.2, 0) is 20.8 Å². The smallest absolute Gasteiger partial charge is 0.328 e. The molecular weight excluding hydrogens is 330 g/mol. The van der Waals surface area contributed by atoms with Gasteiger partial charge in [-0.2, -0.15) is 0 Å². The highest BCUT2D eigenvalue weighted by atomic mass is 16.4. The number of aromatic amines is 1. The van der Waals surface area contributed by atoms with Crippen molar-refractivity contribution in [3.63, 3.8) is 0 Å². The third kappa shape index (κ3) is 6.16. The molecule has 0 saturated carbocycles. The van der Waals surface area contributed by atoms with Gasteiger partial charge in [0.2, 0.25) is 11.8 Å². The maximum Gasteiger partial charge on any atom is 0.328 e. The second-order valence-corrected chi connectivity index (χ2v) is 5.84. The van der Waals surface area contributed by atoms with Gasteiger partial charge in [0.1, 0.15) is 12.1 Å². The van der Waals surface area contributed by atoms with Crippen molar-refractivity contribution in [3.8, 4) is 0 Å². The van der Waals surface area contributed by atoms with Crippen LogP contribution in [0.2, 0.25) is 0 Å². The molecule has 0 spiro atoms. The van der Waals surface area contributed by atoms with Crippen molar-refractivity contribution in [2.75, 3.05) is 6.61 Å². The maximum atomic E-state index is 12.3. The molecule has 0 aromatic carbocycles. The summed E-state index contributed by atoms with van der Waals surface area (Å²) in [5.41, 5.74) is 6.53. The summed E-state index contributed by atoms with van der Waals surface area (Å²) in [6.07, 6.45) is 3.81. The normalized spacial score (nSPS) is 15.7. The van der Waals surface area contributed by atoms with E-state index < -0.39 is 42.5 Å². The van der Waals surface area contributed by atoms with Crippen LogP contribution in [0.3, 0.4) is 0 Å². The van der Waals surface area contributed by atoms with Gasteiger partial charge in [-0.15, -0.1) is 0 Å². The Balaban J connectivity index is 2.75. The molecule has 0 bridgehead atoms. The topological polar surface area (TPSA) is 170 Å². The van der Waals surface area contributed by atoms with Crippen molar-refractivity contribution in [2.24, 2.45) is 11.7 Å². The van der Waals surface area contributed by atoms with E-state index in [0.29, 0.717) is 12.1 Å². The van der Waals surface area contributed by atoms with Crippen molar-refractivity contribution in [1.29, 1.82) is 0 Å². The molecule has 1 rings (SSSR count). The maximum absolute atomic E-state index is 12.3. The number of imidazole rings is 1. The molecule has 0 fully saturated rings. The lowest BCUT2D eigenvalue weighted by Crippen LogP contribution is -2.57. The molecule has 7 N–H and O–H groups in total. The Morgan fingerprint density at radius 1 is 1.32 bits per heavy atom. The fourth-order valence-electron chi connectivity index (χ4n) is 2.14. The molecule has 0 aliphatic heterocycles. The number of hydrogen-bond acceptors (Lipinski definition) is 6. The zero-order valence-corrected chi connectivity index (χ0v) is 14.2. The first-order valence-corrected chi connectivity index (χ1v) is 7.97. The molecule has 140 valence electrons. The predicted molar refractivity (Wildman–Crippen MR) is 88.3 cm³/mol. The Labute approximate surface area is 145 Å². The summed E-state index contributed by atoms with van der Waals surface area (Å²) in [6.45, 7) is 2.84.